The molecule has 1 aliphatic rings. The molecule has 0 radical (unpaired) electrons. The van der Waals surface area contributed by atoms with E-state index < -0.39 is 12.0 Å². The number of fused-ring (bicyclic) bond motifs is 1. The average molecular weight is 325 g/mol. The van der Waals surface area contributed by atoms with Gasteiger partial charge in [-0.2, -0.15) is 0 Å². The van der Waals surface area contributed by atoms with Crippen LogP contribution in [-0.4, -0.2) is 14.5 Å². The summed E-state index contributed by atoms with van der Waals surface area (Å²) in [5.74, 6) is 0.222. The molecule has 118 valence electrons. The van der Waals surface area contributed by atoms with Crippen molar-refractivity contribution in [1.82, 2.24) is 14.5 Å². The summed E-state index contributed by atoms with van der Waals surface area (Å²) in [6.07, 6.45) is -0.0528. The highest BCUT2D eigenvalue weighted by Gasteiger charge is 2.29. The zero-order valence-electron chi connectivity index (χ0n) is 12.4. The van der Waals surface area contributed by atoms with Gasteiger partial charge in [0.1, 0.15) is 5.65 Å². The Morgan fingerprint density at radius 2 is 2.18 bits per heavy atom. The number of aromatic amines is 1. The molecule has 1 aliphatic carbocycles. The van der Waals surface area contributed by atoms with Crippen LogP contribution in [-0.2, 0) is 0 Å². The van der Waals surface area contributed by atoms with Crippen LogP contribution >= 0.6 is 12.2 Å². The summed E-state index contributed by atoms with van der Waals surface area (Å²) in [4.78, 5) is 19.2. The van der Waals surface area contributed by atoms with Gasteiger partial charge in [-0.15, -0.1) is 0 Å². The molecule has 1 fully saturated rings. The maximum atomic E-state index is 13.4. The topological polar surface area (TPSA) is 50.7 Å². The lowest BCUT2D eigenvalue weighted by atomic mass is 10.1. The van der Waals surface area contributed by atoms with E-state index in [-0.39, 0.29) is 33.3 Å². The first-order valence-electron chi connectivity index (χ1n) is 7.41. The Bertz CT molecular complexity index is 839. The third-order valence-corrected chi connectivity index (χ3v) is 4.51. The fraction of sp³-hybridized carbons (Fsp3) is 0.533. The molecule has 1 saturated carbocycles. The number of hydrogen-bond donors (Lipinski definition) is 1. The summed E-state index contributed by atoms with van der Waals surface area (Å²) >= 11 is 5.22. The number of H-pyrrole nitrogens is 1. The van der Waals surface area contributed by atoms with Crippen LogP contribution in [0, 0.1) is 4.77 Å². The molecule has 0 aromatic carbocycles. The molecule has 1 unspecified atom stereocenters. The zero-order valence-corrected chi connectivity index (χ0v) is 13.2. The Hall–Kier alpha value is -1.63. The number of pyridine rings is 1. The second-order valence-electron chi connectivity index (χ2n) is 5.80. The fourth-order valence-electron chi connectivity index (χ4n) is 2.65. The first-order valence-corrected chi connectivity index (χ1v) is 7.82. The first kappa shape index (κ1) is 15.3. The molecule has 0 amide bonds. The van der Waals surface area contributed by atoms with E-state index in [2.05, 4.69) is 9.97 Å². The molecule has 1 atom stereocenters. The van der Waals surface area contributed by atoms with Gasteiger partial charge >= 0.3 is 0 Å². The maximum Gasteiger partial charge on any atom is 0.264 e. The predicted molar refractivity (Wildman–Crippen MR) is 83.1 cm³/mol. The summed E-state index contributed by atoms with van der Waals surface area (Å²) < 4.78 is 28.8. The van der Waals surface area contributed by atoms with Crippen LogP contribution in [0.2, 0.25) is 0 Å². The molecule has 4 nitrogen and oxygen atoms in total. The van der Waals surface area contributed by atoms with Crippen molar-refractivity contribution >= 4 is 23.3 Å². The van der Waals surface area contributed by atoms with Crippen molar-refractivity contribution in [1.29, 1.82) is 0 Å². The molecule has 2 heterocycles. The summed E-state index contributed by atoms with van der Waals surface area (Å²) in [5.41, 5.74) is 0.0764. The van der Waals surface area contributed by atoms with Crippen molar-refractivity contribution in [3.05, 3.63) is 32.4 Å². The lowest BCUT2D eigenvalue weighted by Crippen LogP contribution is -2.20. The van der Waals surface area contributed by atoms with Crippen molar-refractivity contribution in [2.45, 2.75) is 51.5 Å². The number of hydrogen-bond acceptors (Lipinski definition) is 3. The van der Waals surface area contributed by atoms with Crippen LogP contribution in [0.1, 0.15) is 62.8 Å². The number of halogens is 2. The Morgan fingerprint density at radius 3 is 2.73 bits per heavy atom. The quantitative estimate of drug-likeness (QED) is 0.855. The standard InChI is InChI=1S/C15H17F2N3OS/c1-3-7(2)20-13-11(14(21)19-15(20)22)9(12(16)17)6-10(18-13)8-4-5-8/h6-8,12H,3-5H2,1-2H3,(H,19,21,22). The summed E-state index contributed by atoms with van der Waals surface area (Å²) in [5, 5.41) is -0.0479. The Labute approximate surface area is 131 Å². The Kier molecular flexibility index (Phi) is 3.84. The van der Waals surface area contributed by atoms with Crippen molar-refractivity contribution in [3.63, 3.8) is 0 Å². The van der Waals surface area contributed by atoms with Crippen LogP contribution < -0.4 is 5.56 Å². The monoisotopic (exact) mass is 325 g/mol. The van der Waals surface area contributed by atoms with E-state index in [0.29, 0.717) is 5.69 Å². The molecule has 0 bridgehead atoms. The van der Waals surface area contributed by atoms with Gasteiger partial charge in [0.15, 0.2) is 4.77 Å². The average Bonchev–Trinajstić information content (AvgIpc) is 3.30. The van der Waals surface area contributed by atoms with E-state index in [1.807, 2.05) is 13.8 Å². The van der Waals surface area contributed by atoms with Gasteiger partial charge in [-0.3, -0.25) is 14.3 Å². The Balaban J connectivity index is 2.45. The summed E-state index contributed by atoms with van der Waals surface area (Å²) in [7, 11) is 0. The third kappa shape index (κ3) is 2.47. The van der Waals surface area contributed by atoms with Crippen LogP contribution in [0.3, 0.4) is 0 Å². The van der Waals surface area contributed by atoms with E-state index in [1.165, 1.54) is 6.07 Å². The minimum Gasteiger partial charge on any atom is -0.300 e. The number of rotatable bonds is 4. The highest BCUT2D eigenvalue weighted by Crippen LogP contribution is 2.41. The van der Waals surface area contributed by atoms with E-state index in [1.54, 1.807) is 4.57 Å². The van der Waals surface area contributed by atoms with Crippen molar-refractivity contribution < 1.29 is 8.78 Å². The SMILES string of the molecule is CCC(C)n1c(=S)[nH]c(=O)c2c(C(F)F)cc(C3CC3)nc21. The minimum atomic E-state index is -2.72. The molecule has 2 aromatic heterocycles. The van der Waals surface area contributed by atoms with Crippen LogP contribution in [0.25, 0.3) is 11.0 Å². The highest BCUT2D eigenvalue weighted by atomic mass is 32.1. The molecule has 2 aromatic rings. The van der Waals surface area contributed by atoms with Crippen molar-refractivity contribution in [3.8, 4) is 0 Å². The second-order valence-corrected chi connectivity index (χ2v) is 6.18. The van der Waals surface area contributed by atoms with Crippen LogP contribution in [0.5, 0.6) is 0 Å². The molecule has 0 spiro atoms. The molecular formula is C15H17F2N3OS. The summed E-state index contributed by atoms with van der Waals surface area (Å²) in [6, 6.07) is 1.35. The Morgan fingerprint density at radius 1 is 1.50 bits per heavy atom. The number of nitrogens with zero attached hydrogens (tertiary/aromatic N) is 2. The van der Waals surface area contributed by atoms with E-state index in [4.69, 9.17) is 12.2 Å². The van der Waals surface area contributed by atoms with Gasteiger partial charge < -0.3 is 0 Å². The van der Waals surface area contributed by atoms with E-state index in [9.17, 15) is 13.6 Å². The number of nitrogens with one attached hydrogen (secondary N) is 1. The fourth-order valence-corrected chi connectivity index (χ4v) is 3.00. The van der Waals surface area contributed by atoms with Crippen LogP contribution in [0.4, 0.5) is 8.78 Å². The molecule has 7 heteroatoms. The minimum absolute atomic E-state index is 0.0284. The predicted octanol–water partition coefficient (Wildman–Crippen LogP) is 4.24. The maximum absolute atomic E-state index is 13.4. The van der Waals surface area contributed by atoms with E-state index >= 15 is 0 Å². The molecule has 1 N–H and O–H groups in total. The lowest BCUT2D eigenvalue weighted by molar-refractivity contribution is 0.153. The van der Waals surface area contributed by atoms with Gasteiger partial charge in [0.05, 0.1) is 5.39 Å². The molecule has 22 heavy (non-hydrogen) atoms. The molecule has 0 saturated heterocycles. The van der Waals surface area contributed by atoms with Crippen molar-refractivity contribution in [2.75, 3.05) is 0 Å². The second kappa shape index (κ2) is 5.53. The molecular weight excluding hydrogens is 308 g/mol. The van der Waals surface area contributed by atoms with Gasteiger partial charge in [-0.1, -0.05) is 6.92 Å². The summed E-state index contributed by atoms with van der Waals surface area (Å²) in [6.45, 7) is 3.91. The van der Waals surface area contributed by atoms with E-state index in [0.717, 1.165) is 19.3 Å². The number of alkyl halides is 2. The molecule has 3 rings (SSSR count). The van der Waals surface area contributed by atoms with Crippen LogP contribution in [0.15, 0.2) is 10.9 Å². The van der Waals surface area contributed by atoms with Gasteiger partial charge in [0, 0.05) is 23.2 Å². The largest absolute Gasteiger partial charge is 0.300 e. The van der Waals surface area contributed by atoms with Gasteiger partial charge in [-0.05, 0) is 44.5 Å². The first-order chi connectivity index (χ1) is 10.4. The number of aromatic nitrogens is 3. The van der Waals surface area contributed by atoms with Gasteiger partial charge in [-0.25, -0.2) is 13.8 Å². The van der Waals surface area contributed by atoms with Crippen molar-refractivity contribution in [2.24, 2.45) is 0 Å². The third-order valence-electron chi connectivity index (χ3n) is 4.21. The molecule has 0 aliphatic heterocycles. The van der Waals surface area contributed by atoms with Gasteiger partial charge in [0.25, 0.3) is 12.0 Å². The zero-order chi connectivity index (χ0) is 16.0. The smallest absolute Gasteiger partial charge is 0.264 e. The van der Waals surface area contributed by atoms with Gasteiger partial charge in [0.2, 0.25) is 0 Å². The normalized spacial score (nSPS) is 16.4. The highest BCUT2D eigenvalue weighted by molar-refractivity contribution is 7.71. The lowest BCUT2D eigenvalue weighted by Gasteiger charge is -2.18.